The van der Waals surface area contributed by atoms with Crippen molar-refractivity contribution < 1.29 is 14.1 Å². The van der Waals surface area contributed by atoms with E-state index in [-0.39, 0.29) is 5.91 Å². The number of amides is 1. The van der Waals surface area contributed by atoms with E-state index in [0.29, 0.717) is 12.3 Å². The van der Waals surface area contributed by atoms with Gasteiger partial charge in [-0.1, -0.05) is 42.5 Å². The standard InChI is InChI=1S/C21H24N2O2/c1-3-23(4-2)15-17-11-9-16(10-12-17)14-22-21(24)20-13-18-7-5-6-8-19(18)25-20/h5-13H,3-4,14-15H2,1-2H3,(H,22,24)/p+1. The predicted molar refractivity (Wildman–Crippen MR) is 99.6 cm³/mol. The zero-order valence-electron chi connectivity index (χ0n) is 14.8. The van der Waals surface area contributed by atoms with Crippen LogP contribution in [0.1, 0.15) is 35.5 Å². The van der Waals surface area contributed by atoms with Crippen LogP contribution in [0.3, 0.4) is 0 Å². The Kier molecular flexibility index (Phi) is 5.51. The summed E-state index contributed by atoms with van der Waals surface area (Å²) in [6.07, 6.45) is 0. The molecule has 2 N–H and O–H groups in total. The highest BCUT2D eigenvalue weighted by Crippen LogP contribution is 2.18. The summed E-state index contributed by atoms with van der Waals surface area (Å²) < 4.78 is 5.59. The summed E-state index contributed by atoms with van der Waals surface area (Å²) in [7, 11) is 0. The third-order valence-electron chi connectivity index (χ3n) is 4.58. The predicted octanol–water partition coefficient (Wildman–Crippen LogP) is 2.79. The molecule has 2 aromatic carbocycles. The zero-order valence-corrected chi connectivity index (χ0v) is 14.8. The van der Waals surface area contributed by atoms with Crippen molar-refractivity contribution in [1.29, 1.82) is 0 Å². The first-order chi connectivity index (χ1) is 12.2. The number of hydrogen-bond donors (Lipinski definition) is 2. The van der Waals surface area contributed by atoms with E-state index in [2.05, 4.69) is 43.4 Å². The molecule has 0 saturated heterocycles. The van der Waals surface area contributed by atoms with Gasteiger partial charge in [0.1, 0.15) is 12.1 Å². The Balaban J connectivity index is 1.58. The molecular weight excluding hydrogens is 312 g/mol. The molecular formula is C21H25N2O2+. The van der Waals surface area contributed by atoms with Gasteiger partial charge in [0.15, 0.2) is 5.76 Å². The number of para-hydroxylation sites is 1. The third-order valence-corrected chi connectivity index (χ3v) is 4.58. The van der Waals surface area contributed by atoms with Crippen LogP contribution >= 0.6 is 0 Å². The normalized spacial score (nSPS) is 11.2. The van der Waals surface area contributed by atoms with E-state index >= 15 is 0 Å². The van der Waals surface area contributed by atoms with Crippen LogP contribution in [0.15, 0.2) is 59.0 Å². The molecule has 4 nitrogen and oxygen atoms in total. The molecule has 0 radical (unpaired) electrons. The van der Waals surface area contributed by atoms with E-state index in [1.807, 2.05) is 24.3 Å². The van der Waals surface area contributed by atoms with Crippen molar-refractivity contribution in [2.45, 2.75) is 26.9 Å². The molecule has 3 aromatic rings. The highest BCUT2D eigenvalue weighted by Gasteiger charge is 2.11. The third kappa shape index (κ3) is 4.28. The number of furan rings is 1. The summed E-state index contributed by atoms with van der Waals surface area (Å²) in [6, 6.07) is 17.9. The Morgan fingerprint density at radius 1 is 1.00 bits per heavy atom. The SMILES string of the molecule is CC[NH+](CC)Cc1ccc(CNC(=O)c2cc3ccccc3o2)cc1. The molecule has 130 valence electrons. The molecule has 0 fully saturated rings. The lowest BCUT2D eigenvalue weighted by molar-refractivity contribution is -0.910. The summed E-state index contributed by atoms with van der Waals surface area (Å²) in [5.74, 6) is 0.163. The van der Waals surface area contributed by atoms with Crippen LogP contribution in [-0.4, -0.2) is 19.0 Å². The largest absolute Gasteiger partial charge is 0.451 e. The number of hydrogen-bond acceptors (Lipinski definition) is 2. The Bertz CT molecular complexity index is 799. The lowest BCUT2D eigenvalue weighted by atomic mass is 10.1. The van der Waals surface area contributed by atoms with Gasteiger partial charge in [0, 0.05) is 17.5 Å². The van der Waals surface area contributed by atoms with E-state index in [0.717, 1.165) is 36.2 Å². The molecule has 0 aliphatic carbocycles. The van der Waals surface area contributed by atoms with Crippen molar-refractivity contribution in [1.82, 2.24) is 5.32 Å². The fraction of sp³-hybridized carbons (Fsp3) is 0.286. The second-order valence-electron chi connectivity index (χ2n) is 6.28. The van der Waals surface area contributed by atoms with Crippen LogP contribution in [0.25, 0.3) is 11.0 Å². The highest BCUT2D eigenvalue weighted by atomic mass is 16.3. The minimum atomic E-state index is -0.187. The van der Waals surface area contributed by atoms with Crippen LogP contribution in [0.4, 0.5) is 0 Å². The Labute approximate surface area is 148 Å². The Hall–Kier alpha value is -2.59. The Morgan fingerprint density at radius 2 is 1.68 bits per heavy atom. The topological polar surface area (TPSA) is 46.7 Å². The molecule has 0 aliphatic heterocycles. The van der Waals surface area contributed by atoms with Gasteiger partial charge in [0.2, 0.25) is 0 Å². The zero-order chi connectivity index (χ0) is 17.6. The van der Waals surface area contributed by atoms with E-state index in [1.54, 1.807) is 11.0 Å². The Morgan fingerprint density at radius 3 is 2.36 bits per heavy atom. The molecule has 0 spiro atoms. The number of nitrogens with one attached hydrogen (secondary N) is 2. The smallest absolute Gasteiger partial charge is 0.287 e. The van der Waals surface area contributed by atoms with Crippen molar-refractivity contribution in [3.8, 4) is 0 Å². The number of rotatable bonds is 7. The molecule has 1 aromatic heterocycles. The second kappa shape index (κ2) is 7.99. The molecule has 0 bridgehead atoms. The monoisotopic (exact) mass is 337 g/mol. The minimum absolute atomic E-state index is 0.187. The van der Waals surface area contributed by atoms with E-state index < -0.39 is 0 Å². The molecule has 25 heavy (non-hydrogen) atoms. The fourth-order valence-corrected chi connectivity index (χ4v) is 2.93. The minimum Gasteiger partial charge on any atom is -0.451 e. The molecule has 4 heteroatoms. The number of carbonyl (C=O) groups is 1. The van der Waals surface area contributed by atoms with Gasteiger partial charge in [-0.05, 0) is 31.5 Å². The fourth-order valence-electron chi connectivity index (χ4n) is 2.93. The molecule has 1 heterocycles. The van der Waals surface area contributed by atoms with Gasteiger partial charge >= 0.3 is 0 Å². The maximum atomic E-state index is 12.3. The lowest BCUT2D eigenvalue weighted by Crippen LogP contribution is -3.10. The van der Waals surface area contributed by atoms with Crippen molar-refractivity contribution in [2.24, 2.45) is 0 Å². The van der Waals surface area contributed by atoms with Gasteiger partial charge < -0.3 is 14.6 Å². The molecule has 1 amide bonds. The summed E-state index contributed by atoms with van der Waals surface area (Å²) in [5, 5.41) is 3.86. The van der Waals surface area contributed by atoms with E-state index in [1.165, 1.54) is 5.56 Å². The van der Waals surface area contributed by atoms with Crippen LogP contribution in [0, 0.1) is 0 Å². The van der Waals surface area contributed by atoms with Gasteiger partial charge in [0.25, 0.3) is 5.91 Å². The van der Waals surface area contributed by atoms with Crippen LogP contribution in [-0.2, 0) is 13.1 Å². The number of quaternary nitrogens is 1. The van der Waals surface area contributed by atoms with Gasteiger partial charge in [-0.15, -0.1) is 0 Å². The number of carbonyl (C=O) groups excluding carboxylic acids is 1. The van der Waals surface area contributed by atoms with Gasteiger partial charge in [-0.25, -0.2) is 0 Å². The summed E-state index contributed by atoms with van der Waals surface area (Å²) in [5.41, 5.74) is 3.14. The first-order valence-electron chi connectivity index (χ1n) is 8.87. The van der Waals surface area contributed by atoms with Crippen molar-refractivity contribution in [3.63, 3.8) is 0 Å². The van der Waals surface area contributed by atoms with E-state index in [4.69, 9.17) is 4.42 Å². The molecule has 0 atom stereocenters. The molecule has 0 saturated carbocycles. The summed E-state index contributed by atoms with van der Waals surface area (Å²) >= 11 is 0. The van der Waals surface area contributed by atoms with Crippen LogP contribution < -0.4 is 10.2 Å². The molecule has 0 aliphatic rings. The molecule has 3 rings (SSSR count). The average molecular weight is 337 g/mol. The van der Waals surface area contributed by atoms with Gasteiger partial charge in [-0.3, -0.25) is 4.79 Å². The first-order valence-corrected chi connectivity index (χ1v) is 8.87. The maximum Gasteiger partial charge on any atom is 0.287 e. The maximum absolute atomic E-state index is 12.3. The van der Waals surface area contributed by atoms with Crippen molar-refractivity contribution in [2.75, 3.05) is 13.1 Å². The highest BCUT2D eigenvalue weighted by molar-refractivity contribution is 5.95. The average Bonchev–Trinajstić information content (AvgIpc) is 3.09. The van der Waals surface area contributed by atoms with Crippen LogP contribution in [0.2, 0.25) is 0 Å². The first kappa shape index (κ1) is 17.2. The van der Waals surface area contributed by atoms with Crippen molar-refractivity contribution >= 4 is 16.9 Å². The summed E-state index contributed by atoms with van der Waals surface area (Å²) in [6.45, 7) is 8.21. The number of fused-ring (bicyclic) bond motifs is 1. The summed E-state index contributed by atoms with van der Waals surface area (Å²) in [4.78, 5) is 13.8. The molecule has 0 unspecified atom stereocenters. The lowest BCUT2D eigenvalue weighted by Gasteiger charge is -2.15. The second-order valence-corrected chi connectivity index (χ2v) is 6.28. The van der Waals surface area contributed by atoms with Gasteiger partial charge in [0.05, 0.1) is 13.1 Å². The van der Waals surface area contributed by atoms with Crippen LogP contribution in [0.5, 0.6) is 0 Å². The number of benzene rings is 2. The van der Waals surface area contributed by atoms with E-state index in [9.17, 15) is 4.79 Å². The van der Waals surface area contributed by atoms with Gasteiger partial charge in [-0.2, -0.15) is 0 Å². The van der Waals surface area contributed by atoms with Crippen molar-refractivity contribution in [3.05, 3.63) is 71.5 Å². The quantitative estimate of drug-likeness (QED) is 0.696.